The molecule has 0 N–H and O–H groups in total. The van der Waals surface area contributed by atoms with Gasteiger partial charge >= 0.3 is 0 Å². The van der Waals surface area contributed by atoms with Crippen LogP contribution in [0.2, 0.25) is 0 Å². The van der Waals surface area contributed by atoms with Crippen LogP contribution in [0.25, 0.3) is 0 Å². The lowest BCUT2D eigenvalue weighted by Crippen LogP contribution is -2.37. The third kappa shape index (κ3) is 4.44. The second kappa shape index (κ2) is 8.54. The van der Waals surface area contributed by atoms with Crippen molar-refractivity contribution in [2.45, 2.75) is 32.7 Å². The van der Waals surface area contributed by atoms with Crippen molar-refractivity contribution < 1.29 is 9.53 Å². The van der Waals surface area contributed by atoms with Crippen molar-refractivity contribution in [2.24, 2.45) is 4.99 Å². The van der Waals surface area contributed by atoms with E-state index in [2.05, 4.69) is 18.4 Å². The number of carbonyl (C=O) groups excluding carboxylic acids is 1. The van der Waals surface area contributed by atoms with Gasteiger partial charge < -0.3 is 4.74 Å². The van der Waals surface area contributed by atoms with Crippen molar-refractivity contribution in [3.63, 3.8) is 0 Å². The van der Waals surface area contributed by atoms with E-state index >= 15 is 0 Å². The smallest absolute Gasteiger partial charge is 0.229 e. The standard InChI is InChI=1S/C19H22N2O2S2/c1-3-23-17-7-5-4-6-16(17)20-19-21(14(2)12-25-19)18(22)9-8-15-10-11-24-13-15/h4-7,10-11,13-14H,3,8-9,12H2,1-2H3. The number of amidine groups is 1. The zero-order valence-corrected chi connectivity index (χ0v) is 16.1. The minimum Gasteiger partial charge on any atom is -0.492 e. The van der Waals surface area contributed by atoms with E-state index in [4.69, 9.17) is 9.73 Å². The Labute approximate surface area is 156 Å². The molecule has 132 valence electrons. The second-order valence-corrected chi connectivity index (χ2v) is 7.62. The van der Waals surface area contributed by atoms with Gasteiger partial charge in [-0.05, 0) is 54.8 Å². The molecule has 25 heavy (non-hydrogen) atoms. The van der Waals surface area contributed by atoms with E-state index < -0.39 is 0 Å². The number of rotatable bonds is 6. The molecule has 1 aromatic carbocycles. The summed E-state index contributed by atoms with van der Waals surface area (Å²) in [6.07, 6.45) is 1.28. The summed E-state index contributed by atoms with van der Waals surface area (Å²) >= 11 is 3.30. The fraction of sp³-hybridized carbons (Fsp3) is 0.368. The van der Waals surface area contributed by atoms with Gasteiger partial charge in [0.05, 0.1) is 6.61 Å². The number of benzene rings is 1. The Kier molecular flexibility index (Phi) is 6.15. The maximum absolute atomic E-state index is 12.8. The van der Waals surface area contributed by atoms with E-state index in [-0.39, 0.29) is 11.9 Å². The fourth-order valence-electron chi connectivity index (χ4n) is 2.70. The van der Waals surface area contributed by atoms with Gasteiger partial charge in [-0.3, -0.25) is 9.69 Å². The molecule has 1 aliphatic rings. The summed E-state index contributed by atoms with van der Waals surface area (Å²) in [7, 11) is 0. The molecule has 4 nitrogen and oxygen atoms in total. The summed E-state index contributed by atoms with van der Waals surface area (Å²) in [6, 6.07) is 9.95. The molecule has 0 saturated carbocycles. The summed E-state index contributed by atoms with van der Waals surface area (Å²) < 4.78 is 5.65. The second-order valence-electron chi connectivity index (χ2n) is 5.85. The van der Waals surface area contributed by atoms with E-state index in [1.165, 1.54) is 5.56 Å². The molecule has 1 unspecified atom stereocenters. The molecule has 3 rings (SSSR count). The molecule has 0 bridgehead atoms. The molecule has 1 aliphatic heterocycles. The number of hydrogen-bond acceptors (Lipinski definition) is 5. The Morgan fingerprint density at radius 1 is 1.36 bits per heavy atom. The molecule has 0 aliphatic carbocycles. The third-order valence-electron chi connectivity index (χ3n) is 3.96. The molecular formula is C19H22N2O2S2. The predicted molar refractivity (Wildman–Crippen MR) is 106 cm³/mol. The Hall–Kier alpha value is -1.79. The first kappa shape index (κ1) is 18.0. The summed E-state index contributed by atoms with van der Waals surface area (Å²) in [6.45, 7) is 4.62. The highest BCUT2D eigenvalue weighted by atomic mass is 32.2. The summed E-state index contributed by atoms with van der Waals surface area (Å²) in [5.74, 6) is 1.76. The number of hydrogen-bond donors (Lipinski definition) is 0. The summed E-state index contributed by atoms with van der Waals surface area (Å²) in [5.41, 5.74) is 2.00. The molecule has 0 radical (unpaired) electrons. The first-order valence-electron chi connectivity index (χ1n) is 8.45. The van der Waals surface area contributed by atoms with Crippen molar-refractivity contribution in [1.82, 2.24) is 4.90 Å². The highest BCUT2D eigenvalue weighted by Gasteiger charge is 2.32. The van der Waals surface area contributed by atoms with Crippen molar-refractivity contribution >= 4 is 39.9 Å². The molecule has 1 aromatic heterocycles. The Balaban J connectivity index is 1.77. The van der Waals surface area contributed by atoms with Crippen molar-refractivity contribution in [3.8, 4) is 5.75 Å². The van der Waals surface area contributed by atoms with Gasteiger partial charge in [0.1, 0.15) is 11.4 Å². The van der Waals surface area contributed by atoms with Crippen LogP contribution in [0.15, 0.2) is 46.1 Å². The van der Waals surface area contributed by atoms with E-state index in [1.54, 1.807) is 23.1 Å². The molecule has 2 aromatic rings. The summed E-state index contributed by atoms with van der Waals surface area (Å²) in [5, 5.41) is 4.92. The number of amides is 1. The zero-order chi connectivity index (χ0) is 17.6. The van der Waals surface area contributed by atoms with Crippen LogP contribution in [-0.2, 0) is 11.2 Å². The SMILES string of the molecule is CCOc1ccccc1N=C1SCC(C)N1C(=O)CCc1ccsc1. The van der Waals surface area contributed by atoms with E-state index in [9.17, 15) is 4.79 Å². The van der Waals surface area contributed by atoms with Gasteiger partial charge in [0.15, 0.2) is 5.17 Å². The van der Waals surface area contributed by atoms with Gasteiger partial charge in [-0.25, -0.2) is 4.99 Å². The van der Waals surface area contributed by atoms with E-state index in [1.807, 2.05) is 41.5 Å². The molecule has 6 heteroatoms. The molecule has 1 saturated heterocycles. The minimum atomic E-state index is 0.136. The molecule has 0 spiro atoms. The lowest BCUT2D eigenvalue weighted by molar-refractivity contribution is -0.128. The number of ether oxygens (including phenoxy) is 1. The normalized spacial score (nSPS) is 18.7. The molecule has 1 amide bonds. The largest absolute Gasteiger partial charge is 0.492 e. The van der Waals surface area contributed by atoms with Gasteiger partial charge in [0, 0.05) is 18.2 Å². The fourth-order valence-corrected chi connectivity index (χ4v) is 4.53. The average molecular weight is 375 g/mol. The van der Waals surface area contributed by atoms with Crippen LogP contribution in [0.3, 0.4) is 0 Å². The van der Waals surface area contributed by atoms with Crippen LogP contribution < -0.4 is 4.74 Å². The first-order valence-corrected chi connectivity index (χ1v) is 10.4. The Bertz CT molecular complexity index is 744. The van der Waals surface area contributed by atoms with Crippen LogP contribution in [-0.4, -0.2) is 34.4 Å². The lowest BCUT2D eigenvalue weighted by atomic mass is 10.1. The third-order valence-corrected chi connectivity index (χ3v) is 5.89. The number of carbonyl (C=O) groups is 1. The number of aliphatic imine (C=N–C) groups is 1. The van der Waals surface area contributed by atoms with Gasteiger partial charge in [-0.1, -0.05) is 23.9 Å². The highest BCUT2D eigenvalue weighted by Crippen LogP contribution is 2.32. The lowest BCUT2D eigenvalue weighted by Gasteiger charge is -2.21. The van der Waals surface area contributed by atoms with Gasteiger partial charge in [0.25, 0.3) is 0 Å². The van der Waals surface area contributed by atoms with E-state index in [0.717, 1.165) is 28.8 Å². The minimum absolute atomic E-state index is 0.136. The van der Waals surface area contributed by atoms with Crippen LogP contribution in [0.4, 0.5) is 5.69 Å². The maximum atomic E-state index is 12.8. The topological polar surface area (TPSA) is 41.9 Å². The van der Waals surface area contributed by atoms with E-state index in [0.29, 0.717) is 13.0 Å². The number of thioether (sulfide) groups is 1. The maximum Gasteiger partial charge on any atom is 0.229 e. The number of aryl methyl sites for hydroxylation is 1. The summed E-state index contributed by atoms with van der Waals surface area (Å²) in [4.78, 5) is 19.3. The van der Waals surface area contributed by atoms with Gasteiger partial charge in [-0.15, -0.1) is 0 Å². The Morgan fingerprint density at radius 3 is 2.96 bits per heavy atom. The number of nitrogens with zero attached hydrogens (tertiary/aromatic N) is 2. The molecule has 1 fully saturated rings. The monoisotopic (exact) mass is 374 g/mol. The van der Waals surface area contributed by atoms with Crippen LogP contribution in [0.5, 0.6) is 5.75 Å². The first-order chi connectivity index (χ1) is 12.2. The van der Waals surface area contributed by atoms with Crippen molar-refractivity contribution in [1.29, 1.82) is 0 Å². The quantitative estimate of drug-likeness (QED) is 0.734. The van der Waals surface area contributed by atoms with Crippen molar-refractivity contribution in [3.05, 3.63) is 46.7 Å². The van der Waals surface area contributed by atoms with Crippen LogP contribution in [0.1, 0.15) is 25.8 Å². The predicted octanol–water partition coefficient (Wildman–Crippen LogP) is 4.73. The molecule has 2 heterocycles. The Morgan fingerprint density at radius 2 is 2.20 bits per heavy atom. The van der Waals surface area contributed by atoms with Crippen LogP contribution in [0, 0.1) is 0 Å². The van der Waals surface area contributed by atoms with Gasteiger partial charge in [-0.2, -0.15) is 11.3 Å². The highest BCUT2D eigenvalue weighted by molar-refractivity contribution is 8.14. The zero-order valence-electron chi connectivity index (χ0n) is 14.5. The van der Waals surface area contributed by atoms with Crippen LogP contribution >= 0.6 is 23.1 Å². The average Bonchev–Trinajstić information content (AvgIpc) is 3.25. The molecule has 1 atom stereocenters. The van der Waals surface area contributed by atoms with Gasteiger partial charge in [0.2, 0.25) is 5.91 Å². The molecular weight excluding hydrogens is 352 g/mol. The van der Waals surface area contributed by atoms with Crippen molar-refractivity contribution in [2.75, 3.05) is 12.4 Å². The number of thiophene rings is 1. The number of para-hydroxylation sites is 2.